The number of hydrogen-bond acceptors (Lipinski definition) is 4. The Morgan fingerprint density at radius 3 is 2.77 bits per heavy atom. The Balaban J connectivity index is 3.51. The number of carbonyl (C=O) groups is 1. The van der Waals surface area contributed by atoms with E-state index in [9.17, 15) is 4.79 Å². The van der Waals surface area contributed by atoms with Gasteiger partial charge in [0, 0.05) is 6.54 Å². The highest BCUT2D eigenvalue weighted by atomic mass is 32.1. The van der Waals surface area contributed by atoms with Gasteiger partial charge < -0.3 is 21.3 Å². The molecule has 6 N–H and O–H groups in total. The summed E-state index contributed by atoms with van der Waals surface area (Å²) in [5.41, 5.74) is 10.5. The topological polar surface area (TPSA) is 114 Å². The molecule has 0 aliphatic rings. The van der Waals surface area contributed by atoms with Crippen molar-refractivity contribution in [2.75, 3.05) is 6.54 Å². The molecule has 0 amide bonds. The molecule has 7 heteroatoms. The highest BCUT2D eigenvalue weighted by Crippen LogP contribution is 1.94. The predicted molar refractivity (Wildman–Crippen MR) is 53.5 cm³/mol. The first-order valence-electron chi connectivity index (χ1n) is 3.76. The van der Waals surface area contributed by atoms with Crippen molar-refractivity contribution in [3.8, 4) is 0 Å². The lowest BCUT2D eigenvalue weighted by Gasteiger charge is -2.03. The molecule has 1 atom stereocenters. The second-order valence-corrected chi connectivity index (χ2v) is 2.69. The Labute approximate surface area is 81.9 Å². The van der Waals surface area contributed by atoms with Gasteiger partial charge in [-0.15, -0.1) is 0 Å². The number of carboxylic acids is 1. The predicted octanol–water partition coefficient (Wildman–Crippen LogP) is -1.07. The highest BCUT2D eigenvalue weighted by molar-refractivity contribution is 7.78. The fourth-order valence-corrected chi connectivity index (χ4v) is 0.740. The molecule has 0 saturated carbocycles. The van der Waals surface area contributed by atoms with Gasteiger partial charge in [-0.3, -0.25) is 9.79 Å². The summed E-state index contributed by atoms with van der Waals surface area (Å²) in [4.78, 5) is 14.1. The van der Waals surface area contributed by atoms with E-state index in [-0.39, 0.29) is 5.96 Å². The number of aliphatic carboxylic acids is 1. The fraction of sp³-hybridized carbons (Fsp3) is 0.667. The minimum Gasteiger partial charge on any atom is -0.480 e. The Morgan fingerprint density at radius 2 is 2.31 bits per heavy atom. The van der Waals surface area contributed by atoms with E-state index < -0.39 is 12.0 Å². The largest absolute Gasteiger partial charge is 0.480 e. The summed E-state index contributed by atoms with van der Waals surface area (Å²) < 4.78 is 2.35. The van der Waals surface area contributed by atoms with Crippen molar-refractivity contribution in [1.29, 1.82) is 0 Å². The van der Waals surface area contributed by atoms with E-state index >= 15 is 0 Å². The van der Waals surface area contributed by atoms with E-state index in [0.717, 1.165) is 0 Å². The van der Waals surface area contributed by atoms with E-state index in [1.54, 1.807) is 0 Å². The van der Waals surface area contributed by atoms with Crippen molar-refractivity contribution >= 4 is 24.7 Å². The summed E-state index contributed by atoms with van der Waals surface area (Å²) in [5, 5.41) is 8.43. The highest BCUT2D eigenvalue weighted by Gasteiger charge is 2.09. The molecular formula is C6H14N4O2S. The lowest BCUT2D eigenvalue weighted by molar-refractivity contribution is -0.138. The van der Waals surface area contributed by atoms with Crippen LogP contribution in [-0.4, -0.2) is 29.6 Å². The van der Waals surface area contributed by atoms with Crippen LogP contribution in [0.3, 0.4) is 0 Å². The van der Waals surface area contributed by atoms with Crippen LogP contribution in [0, 0.1) is 0 Å². The van der Waals surface area contributed by atoms with Gasteiger partial charge in [0.2, 0.25) is 0 Å². The molecule has 6 nitrogen and oxygen atoms in total. The van der Waals surface area contributed by atoms with Gasteiger partial charge in [0.15, 0.2) is 5.96 Å². The molecule has 0 fully saturated rings. The number of rotatable bonds is 5. The quantitative estimate of drug-likeness (QED) is 0.170. The molecule has 0 aliphatic carbocycles. The van der Waals surface area contributed by atoms with Crippen LogP contribution >= 0.6 is 12.8 Å². The number of thiol groups is 1. The summed E-state index contributed by atoms with van der Waals surface area (Å²) >= 11 is 3.67. The van der Waals surface area contributed by atoms with Crippen LogP contribution in [-0.2, 0) is 4.79 Å². The Bertz CT molecular complexity index is 197. The second-order valence-electron chi connectivity index (χ2n) is 2.47. The van der Waals surface area contributed by atoms with Gasteiger partial charge in [0.05, 0.1) is 0 Å². The monoisotopic (exact) mass is 206 g/mol. The zero-order chi connectivity index (χ0) is 10.3. The van der Waals surface area contributed by atoms with Crippen LogP contribution in [0.5, 0.6) is 0 Å². The molecule has 1 unspecified atom stereocenters. The molecule has 0 spiro atoms. The zero-order valence-corrected chi connectivity index (χ0v) is 8.00. The molecule has 76 valence electrons. The van der Waals surface area contributed by atoms with E-state index in [2.05, 4.69) is 22.5 Å². The van der Waals surface area contributed by atoms with Gasteiger partial charge in [-0.25, -0.2) is 0 Å². The van der Waals surface area contributed by atoms with Crippen LogP contribution in [0.2, 0.25) is 0 Å². The van der Waals surface area contributed by atoms with Crippen LogP contribution in [0.25, 0.3) is 0 Å². The molecule has 13 heavy (non-hydrogen) atoms. The lowest BCUT2D eigenvalue weighted by atomic mass is 10.2. The maximum atomic E-state index is 10.3. The molecular weight excluding hydrogens is 192 g/mol. The smallest absolute Gasteiger partial charge is 0.320 e. The maximum absolute atomic E-state index is 10.3. The molecule has 0 rings (SSSR count). The first kappa shape index (κ1) is 12.0. The minimum absolute atomic E-state index is 0.215. The summed E-state index contributed by atoms with van der Waals surface area (Å²) in [6.45, 7) is 0.445. The molecule has 0 aromatic carbocycles. The molecule has 0 saturated heterocycles. The number of guanidine groups is 1. The molecule has 0 heterocycles. The third kappa shape index (κ3) is 6.23. The van der Waals surface area contributed by atoms with Crippen LogP contribution in [0.1, 0.15) is 12.8 Å². The summed E-state index contributed by atoms with van der Waals surface area (Å²) in [6, 6.07) is -0.819. The third-order valence-electron chi connectivity index (χ3n) is 1.39. The average molecular weight is 206 g/mol. The normalized spacial score (nSPS) is 13.8. The van der Waals surface area contributed by atoms with E-state index in [1.807, 2.05) is 0 Å². The molecule has 0 bridgehead atoms. The van der Waals surface area contributed by atoms with Gasteiger partial charge in [-0.2, -0.15) is 0 Å². The van der Waals surface area contributed by atoms with Crippen molar-refractivity contribution < 1.29 is 9.90 Å². The van der Waals surface area contributed by atoms with Gasteiger partial charge in [0.1, 0.15) is 6.04 Å². The molecule has 0 radical (unpaired) electrons. The second kappa shape index (κ2) is 6.55. The fourth-order valence-electron chi connectivity index (χ4n) is 0.670. The number of nitrogens with one attached hydrogen (secondary N) is 1. The third-order valence-corrected chi connectivity index (χ3v) is 1.62. The first-order chi connectivity index (χ1) is 6.07. The number of carboxylic acid groups (broad SMARTS) is 1. The first-order valence-corrected chi connectivity index (χ1v) is 4.21. The molecule has 0 aromatic heterocycles. The number of hydrogen-bond donors (Lipinski definition) is 5. The van der Waals surface area contributed by atoms with Crippen molar-refractivity contribution in [3.63, 3.8) is 0 Å². The SMILES string of the molecule is NC(=NCCCC(N)C(=O)O)NS. The van der Waals surface area contributed by atoms with Crippen LogP contribution in [0.4, 0.5) is 0 Å². The zero-order valence-electron chi connectivity index (χ0n) is 7.10. The Kier molecular flexibility index (Phi) is 6.07. The Morgan fingerprint density at radius 1 is 1.69 bits per heavy atom. The maximum Gasteiger partial charge on any atom is 0.320 e. The van der Waals surface area contributed by atoms with Crippen molar-refractivity contribution in [3.05, 3.63) is 0 Å². The van der Waals surface area contributed by atoms with Gasteiger partial charge in [-0.1, -0.05) is 12.8 Å². The minimum atomic E-state index is -0.996. The molecule has 0 aliphatic heterocycles. The standard InChI is InChI=1S/C6H14N4O2S/c7-4(5(11)12)2-1-3-9-6(8)10-13/h4,13H,1-3,7H2,(H,11,12)(H3,8,9,10). The van der Waals surface area contributed by atoms with E-state index in [1.165, 1.54) is 0 Å². The van der Waals surface area contributed by atoms with E-state index in [4.69, 9.17) is 16.6 Å². The van der Waals surface area contributed by atoms with Crippen LogP contribution in [0.15, 0.2) is 4.99 Å². The van der Waals surface area contributed by atoms with E-state index in [0.29, 0.717) is 19.4 Å². The van der Waals surface area contributed by atoms with Gasteiger partial charge >= 0.3 is 5.97 Å². The number of aliphatic imine (C=N–C) groups is 1. The Hall–Kier alpha value is -0.950. The lowest BCUT2D eigenvalue weighted by Crippen LogP contribution is -2.30. The summed E-state index contributed by atoms with van der Waals surface area (Å²) in [7, 11) is 0. The number of nitrogens with two attached hydrogens (primary N) is 2. The van der Waals surface area contributed by atoms with Crippen molar-refractivity contribution in [2.45, 2.75) is 18.9 Å². The average Bonchev–Trinajstić information content (AvgIpc) is 2.11. The van der Waals surface area contributed by atoms with Crippen molar-refractivity contribution in [2.24, 2.45) is 16.5 Å². The van der Waals surface area contributed by atoms with Crippen LogP contribution < -0.4 is 16.2 Å². The summed E-state index contributed by atoms with van der Waals surface area (Å²) in [5.74, 6) is -0.781. The van der Waals surface area contributed by atoms with Gasteiger partial charge in [-0.05, 0) is 12.8 Å². The molecule has 0 aromatic rings. The number of nitrogens with zero attached hydrogens (tertiary/aromatic N) is 1. The van der Waals surface area contributed by atoms with Gasteiger partial charge in [0.25, 0.3) is 0 Å². The van der Waals surface area contributed by atoms with Crippen molar-refractivity contribution in [1.82, 2.24) is 4.72 Å². The summed E-state index contributed by atoms with van der Waals surface area (Å²) in [6.07, 6.45) is 0.975.